The number of aryl methyl sites for hydroxylation is 1. The molecule has 0 radical (unpaired) electrons. The van der Waals surface area contributed by atoms with Gasteiger partial charge in [0.15, 0.2) is 5.78 Å². The molecule has 1 saturated carbocycles. The Hall–Kier alpha value is -2.96. The molecule has 7 nitrogen and oxygen atoms in total. The molecule has 2 amide bonds. The first-order valence-electron chi connectivity index (χ1n) is 10.2. The second-order valence-electron chi connectivity index (χ2n) is 8.09. The third kappa shape index (κ3) is 4.23. The maximum atomic E-state index is 12.7. The van der Waals surface area contributed by atoms with Crippen molar-refractivity contribution in [2.24, 2.45) is 13.0 Å². The molecular formula is C22H26N4O3. The Balaban J connectivity index is 1.32. The SMILES string of the molecule is Cn1cnc(C(=O)N[C@H]2CCC[C@@H](CNC(=O)c3cccc4c3CCC4=O)C2)c1. The van der Waals surface area contributed by atoms with Crippen molar-refractivity contribution in [3.8, 4) is 0 Å². The number of amides is 2. The van der Waals surface area contributed by atoms with E-state index >= 15 is 0 Å². The lowest BCUT2D eigenvalue weighted by Gasteiger charge is -2.29. The molecule has 2 N–H and O–H groups in total. The minimum Gasteiger partial charge on any atom is -0.352 e. The van der Waals surface area contributed by atoms with Crippen molar-refractivity contribution >= 4 is 17.6 Å². The van der Waals surface area contributed by atoms with Crippen LogP contribution in [0.15, 0.2) is 30.7 Å². The summed E-state index contributed by atoms with van der Waals surface area (Å²) in [5, 5.41) is 6.12. The van der Waals surface area contributed by atoms with Crippen molar-refractivity contribution in [2.45, 2.75) is 44.6 Å². The summed E-state index contributed by atoms with van der Waals surface area (Å²) in [6.07, 6.45) is 8.27. The van der Waals surface area contributed by atoms with Crippen molar-refractivity contribution in [1.82, 2.24) is 20.2 Å². The van der Waals surface area contributed by atoms with E-state index in [4.69, 9.17) is 0 Å². The maximum Gasteiger partial charge on any atom is 0.271 e. The number of fused-ring (bicyclic) bond motifs is 1. The van der Waals surface area contributed by atoms with E-state index in [1.807, 2.05) is 7.05 Å². The van der Waals surface area contributed by atoms with E-state index in [9.17, 15) is 14.4 Å². The molecule has 0 bridgehead atoms. The lowest BCUT2D eigenvalue weighted by atomic mass is 9.85. The van der Waals surface area contributed by atoms with Gasteiger partial charge in [0.25, 0.3) is 11.8 Å². The highest BCUT2D eigenvalue weighted by molar-refractivity contribution is 6.05. The molecule has 0 saturated heterocycles. The molecule has 7 heteroatoms. The zero-order valence-electron chi connectivity index (χ0n) is 16.6. The molecule has 1 fully saturated rings. The van der Waals surface area contributed by atoms with Gasteiger partial charge in [-0.25, -0.2) is 4.98 Å². The van der Waals surface area contributed by atoms with Crippen molar-refractivity contribution < 1.29 is 14.4 Å². The fourth-order valence-corrected chi connectivity index (χ4v) is 4.43. The molecule has 4 rings (SSSR count). The summed E-state index contributed by atoms with van der Waals surface area (Å²) in [6, 6.07) is 5.47. The number of hydrogen-bond donors (Lipinski definition) is 2. The normalized spacial score (nSPS) is 20.9. The number of aromatic nitrogens is 2. The van der Waals surface area contributed by atoms with Crippen molar-refractivity contribution in [3.05, 3.63) is 53.1 Å². The van der Waals surface area contributed by atoms with Gasteiger partial charge in [-0.15, -0.1) is 0 Å². The largest absolute Gasteiger partial charge is 0.352 e. The number of carbonyl (C=O) groups is 3. The molecule has 2 aliphatic carbocycles. The molecule has 152 valence electrons. The number of nitrogens with one attached hydrogen (secondary N) is 2. The second-order valence-corrected chi connectivity index (χ2v) is 8.09. The van der Waals surface area contributed by atoms with Crippen LogP contribution in [0, 0.1) is 5.92 Å². The van der Waals surface area contributed by atoms with Crippen LogP contribution in [-0.4, -0.2) is 39.7 Å². The van der Waals surface area contributed by atoms with Crippen LogP contribution in [-0.2, 0) is 13.5 Å². The summed E-state index contributed by atoms with van der Waals surface area (Å²) >= 11 is 0. The summed E-state index contributed by atoms with van der Waals surface area (Å²) in [5.41, 5.74) is 2.60. The quantitative estimate of drug-likeness (QED) is 0.814. The van der Waals surface area contributed by atoms with Crippen molar-refractivity contribution in [2.75, 3.05) is 6.54 Å². The molecule has 1 aromatic heterocycles. The van der Waals surface area contributed by atoms with Gasteiger partial charge in [0.2, 0.25) is 0 Å². The number of rotatable bonds is 5. The monoisotopic (exact) mass is 394 g/mol. The van der Waals surface area contributed by atoms with Gasteiger partial charge in [-0.2, -0.15) is 0 Å². The molecule has 1 aromatic carbocycles. The Labute approximate surface area is 169 Å². The van der Waals surface area contributed by atoms with Crippen LogP contribution in [0.1, 0.15) is 68.9 Å². The Kier molecular flexibility index (Phi) is 5.47. The van der Waals surface area contributed by atoms with Crippen molar-refractivity contribution in [3.63, 3.8) is 0 Å². The minimum absolute atomic E-state index is 0.0961. The average molecular weight is 394 g/mol. The van der Waals surface area contributed by atoms with E-state index in [1.54, 1.807) is 35.3 Å². The molecule has 1 heterocycles. The van der Waals surface area contributed by atoms with Gasteiger partial charge in [0.1, 0.15) is 5.69 Å². The highest BCUT2D eigenvalue weighted by Gasteiger charge is 2.27. The highest BCUT2D eigenvalue weighted by Crippen LogP contribution is 2.26. The first kappa shape index (κ1) is 19.4. The molecule has 2 aromatic rings. The summed E-state index contributed by atoms with van der Waals surface area (Å²) in [6.45, 7) is 0.576. The predicted molar refractivity (Wildman–Crippen MR) is 108 cm³/mol. The third-order valence-corrected chi connectivity index (χ3v) is 5.93. The minimum atomic E-state index is -0.148. The van der Waals surface area contributed by atoms with Gasteiger partial charge < -0.3 is 15.2 Å². The first-order chi connectivity index (χ1) is 14.0. The van der Waals surface area contributed by atoms with Gasteiger partial charge in [-0.1, -0.05) is 18.6 Å². The molecule has 2 aliphatic rings. The Morgan fingerprint density at radius 3 is 2.86 bits per heavy atom. The number of nitrogens with zero attached hydrogens (tertiary/aromatic N) is 2. The van der Waals surface area contributed by atoms with E-state index < -0.39 is 0 Å². The van der Waals surface area contributed by atoms with E-state index in [1.165, 1.54) is 0 Å². The lowest BCUT2D eigenvalue weighted by molar-refractivity contribution is 0.0898. The summed E-state index contributed by atoms with van der Waals surface area (Å²) in [5.74, 6) is 0.176. The average Bonchev–Trinajstić information content (AvgIpc) is 3.32. The number of benzene rings is 1. The van der Waals surface area contributed by atoms with Gasteiger partial charge in [0, 0.05) is 43.4 Å². The molecule has 0 aliphatic heterocycles. The fraction of sp³-hybridized carbons (Fsp3) is 0.455. The van der Waals surface area contributed by atoms with Gasteiger partial charge in [-0.05, 0) is 43.2 Å². The molecule has 2 atom stereocenters. The Morgan fingerprint density at radius 2 is 2.07 bits per heavy atom. The first-order valence-corrected chi connectivity index (χ1v) is 10.2. The van der Waals surface area contributed by atoms with Crippen LogP contribution in [0.5, 0.6) is 0 Å². The fourth-order valence-electron chi connectivity index (χ4n) is 4.43. The molecule has 0 spiro atoms. The standard InChI is InChI=1S/C22H26N4O3/c1-26-12-19(24-13-26)22(29)25-15-5-2-4-14(10-15)11-23-21(28)18-7-3-6-17-16(18)8-9-20(17)27/h3,6-7,12-15H,2,4-5,8-11H2,1H3,(H,23,28)(H,25,29)/t14-,15+/m1/s1. The summed E-state index contributed by atoms with van der Waals surface area (Å²) in [7, 11) is 1.83. The lowest BCUT2D eigenvalue weighted by Crippen LogP contribution is -2.41. The van der Waals surface area contributed by atoms with Gasteiger partial charge in [0.05, 0.1) is 6.33 Å². The van der Waals surface area contributed by atoms with Crippen LogP contribution in [0.3, 0.4) is 0 Å². The highest BCUT2D eigenvalue weighted by atomic mass is 16.2. The van der Waals surface area contributed by atoms with Crippen LogP contribution < -0.4 is 10.6 Å². The summed E-state index contributed by atoms with van der Waals surface area (Å²) < 4.78 is 1.75. The molecule has 0 unspecified atom stereocenters. The van der Waals surface area contributed by atoms with Gasteiger partial charge in [-0.3, -0.25) is 14.4 Å². The topological polar surface area (TPSA) is 93.1 Å². The molecule has 29 heavy (non-hydrogen) atoms. The second kappa shape index (κ2) is 8.19. The van der Waals surface area contributed by atoms with Crippen molar-refractivity contribution in [1.29, 1.82) is 0 Å². The maximum absolute atomic E-state index is 12.7. The third-order valence-electron chi connectivity index (χ3n) is 5.93. The molecular weight excluding hydrogens is 368 g/mol. The number of hydrogen-bond acceptors (Lipinski definition) is 4. The van der Waals surface area contributed by atoms with E-state index in [2.05, 4.69) is 15.6 Å². The zero-order valence-corrected chi connectivity index (χ0v) is 16.6. The van der Waals surface area contributed by atoms with E-state index in [0.29, 0.717) is 42.1 Å². The van der Waals surface area contributed by atoms with Gasteiger partial charge >= 0.3 is 0 Å². The Morgan fingerprint density at radius 1 is 1.21 bits per heavy atom. The number of ketones is 1. The van der Waals surface area contributed by atoms with E-state index in [-0.39, 0.29) is 23.6 Å². The van der Waals surface area contributed by atoms with Crippen LogP contribution in [0.25, 0.3) is 0 Å². The number of Topliss-reactive ketones (excluding diaryl/α,β-unsaturated/α-hetero) is 1. The number of carbonyl (C=O) groups excluding carboxylic acids is 3. The summed E-state index contributed by atoms with van der Waals surface area (Å²) in [4.78, 5) is 41.0. The predicted octanol–water partition coefficient (Wildman–Crippen LogP) is 2.27. The Bertz CT molecular complexity index is 949. The van der Waals surface area contributed by atoms with Crippen LogP contribution in [0.2, 0.25) is 0 Å². The zero-order chi connectivity index (χ0) is 20.4. The van der Waals surface area contributed by atoms with E-state index in [0.717, 1.165) is 31.2 Å². The van der Waals surface area contributed by atoms with Crippen LogP contribution >= 0.6 is 0 Å². The number of imidazole rings is 1. The van der Waals surface area contributed by atoms with Crippen LogP contribution in [0.4, 0.5) is 0 Å². The smallest absolute Gasteiger partial charge is 0.271 e.